The first-order chi connectivity index (χ1) is 10.6. The number of aliphatic hydroxyl groups is 1. The van der Waals surface area contributed by atoms with Crippen LogP contribution >= 0.6 is 0 Å². The molecule has 3 rings (SSSR count). The molecule has 1 saturated heterocycles. The lowest BCUT2D eigenvalue weighted by Crippen LogP contribution is -2.53. The maximum absolute atomic E-state index is 12.0. The van der Waals surface area contributed by atoms with Crippen molar-refractivity contribution in [2.75, 3.05) is 19.9 Å². The third-order valence-electron chi connectivity index (χ3n) is 3.74. The highest BCUT2D eigenvalue weighted by molar-refractivity contribution is 6.21. The topological polar surface area (TPSA) is 109 Å². The fraction of sp³-hybridized carbons (Fsp3) is 0.385. The molecule has 0 aromatic heterocycles. The molecule has 2 heterocycles. The number of imide groups is 1. The van der Waals surface area contributed by atoms with Crippen molar-refractivity contribution in [3.63, 3.8) is 0 Å². The molecule has 116 valence electrons. The predicted octanol–water partition coefficient (Wildman–Crippen LogP) is 0.116. The summed E-state index contributed by atoms with van der Waals surface area (Å²) < 4.78 is 0. The number of hydrazine groups is 1. The molecule has 9 nitrogen and oxygen atoms in total. The van der Waals surface area contributed by atoms with Crippen LogP contribution in [0.5, 0.6) is 0 Å². The molecule has 1 atom stereocenters. The van der Waals surface area contributed by atoms with E-state index in [1.807, 2.05) is 0 Å². The molecule has 0 unspecified atom stereocenters. The molecule has 2 aliphatic heterocycles. The van der Waals surface area contributed by atoms with Gasteiger partial charge in [0.25, 0.3) is 11.8 Å². The third-order valence-corrected chi connectivity index (χ3v) is 3.74. The first kappa shape index (κ1) is 14.3. The van der Waals surface area contributed by atoms with E-state index < -0.39 is 18.5 Å². The molecule has 1 aromatic carbocycles. The van der Waals surface area contributed by atoms with Crippen molar-refractivity contribution in [3.05, 3.63) is 40.6 Å². The van der Waals surface area contributed by atoms with Crippen molar-refractivity contribution in [2.24, 2.45) is 5.28 Å². The van der Waals surface area contributed by atoms with Crippen molar-refractivity contribution in [1.82, 2.24) is 9.91 Å². The Hall–Kier alpha value is -2.68. The molecule has 1 N–H and O–H groups in total. The SMILES string of the molecule is O=C1c2ccccc2C(=O)N1CO/N=[N+](/[O-])N1CC[C@H]1CO. The highest BCUT2D eigenvalue weighted by Crippen LogP contribution is 2.22. The van der Waals surface area contributed by atoms with Crippen LogP contribution in [0.4, 0.5) is 0 Å². The first-order valence-corrected chi connectivity index (χ1v) is 6.76. The Labute approximate surface area is 125 Å². The van der Waals surface area contributed by atoms with Crippen LogP contribution < -0.4 is 0 Å². The van der Waals surface area contributed by atoms with Crippen LogP contribution in [-0.2, 0) is 4.84 Å². The van der Waals surface area contributed by atoms with Crippen molar-refractivity contribution in [3.8, 4) is 0 Å². The summed E-state index contributed by atoms with van der Waals surface area (Å²) in [5.74, 6) is -0.962. The molecule has 0 radical (unpaired) electrons. The Morgan fingerprint density at radius 2 is 1.95 bits per heavy atom. The van der Waals surface area contributed by atoms with Gasteiger partial charge in [0, 0.05) is 0 Å². The molecule has 1 fully saturated rings. The number of rotatable bonds is 5. The maximum Gasteiger partial charge on any atom is 0.264 e. The van der Waals surface area contributed by atoms with Gasteiger partial charge in [0.05, 0.1) is 29.2 Å². The van der Waals surface area contributed by atoms with Gasteiger partial charge in [-0.2, -0.15) is 0 Å². The maximum atomic E-state index is 12.0. The van der Waals surface area contributed by atoms with Gasteiger partial charge in [-0.15, -0.1) is 5.01 Å². The van der Waals surface area contributed by atoms with Crippen molar-refractivity contribution < 1.29 is 24.5 Å². The van der Waals surface area contributed by atoms with Crippen LogP contribution in [0, 0.1) is 5.21 Å². The summed E-state index contributed by atoms with van der Waals surface area (Å²) in [6, 6.07) is 6.16. The lowest BCUT2D eigenvalue weighted by Gasteiger charge is -2.33. The summed E-state index contributed by atoms with van der Waals surface area (Å²) in [6.45, 7) is -0.121. The van der Waals surface area contributed by atoms with E-state index >= 15 is 0 Å². The number of aliphatic hydroxyl groups excluding tert-OH is 1. The van der Waals surface area contributed by atoms with E-state index in [-0.39, 0.29) is 17.6 Å². The normalized spacial score (nSPS) is 21.0. The lowest BCUT2D eigenvalue weighted by molar-refractivity contribution is -0.732. The minimum absolute atomic E-state index is 0.146. The molecule has 9 heteroatoms. The zero-order valence-corrected chi connectivity index (χ0v) is 11.6. The van der Waals surface area contributed by atoms with E-state index in [2.05, 4.69) is 5.28 Å². The molecule has 2 aliphatic rings. The zero-order valence-electron chi connectivity index (χ0n) is 11.6. The summed E-state index contributed by atoms with van der Waals surface area (Å²) in [7, 11) is 0. The van der Waals surface area contributed by atoms with Crippen LogP contribution in [0.15, 0.2) is 29.5 Å². The summed E-state index contributed by atoms with van der Waals surface area (Å²) in [5, 5.41) is 25.2. The van der Waals surface area contributed by atoms with Crippen LogP contribution in [0.25, 0.3) is 0 Å². The number of benzene rings is 1. The Morgan fingerprint density at radius 3 is 2.45 bits per heavy atom. The summed E-state index contributed by atoms with van der Waals surface area (Å²) in [4.78, 5) is 30.0. The summed E-state index contributed by atoms with van der Waals surface area (Å²) >= 11 is 0. The molecule has 22 heavy (non-hydrogen) atoms. The summed E-state index contributed by atoms with van der Waals surface area (Å²) in [6.07, 6.45) is 0.698. The van der Waals surface area contributed by atoms with Crippen molar-refractivity contribution in [1.29, 1.82) is 0 Å². The predicted molar refractivity (Wildman–Crippen MR) is 71.1 cm³/mol. The monoisotopic (exact) mass is 306 g/mol. The Kier molecular flexibility index (Phi) is 3.63. The average molecular weight is 306 g/mol. The van der Waals surface area contributed by atoms with Gasteiger partial charge in [0.2, 0.25) is 12.0 Å². The van der Waals surface area contributed by atoms with Crippen LogP contribution in [-0.4, -0.2) is 57.7 Å². The molecule has 2 amide bonds. The zero-order chi connectivity index (χ0) is 15.7. The smallest absolute Gasteiger partial charge is 0.264 e. The van der Waals surface area contributed by atoms with E-state index in [4.69, 9.17) is 9.94 Å². The summed E-state index contributed by atoms with van der Waals surface area (Å²) in [5.41, 5.74) is 0.608. The quantitative estimate of drug-likeness (QED) is 0.358. The largest absolute Gasteiger partial charge is 0.569 e. The molecule has 0 aliphatic carbocycles. The molecule has 0 bridgehead atoms. The van der Waals surface area contributed by atoms with Crippen molar-refractivity contribution >= 4 is 11.8 Å². The first-order valence-electron chi connectivity index (χ1n) is 6.76. The lowest BCUT2D eigenvalue weighted by atomic mass is 10.1. The second-order valence-electron chi connectivity index (χ2n) is 4.96. The number of hydrogen-bond donors (Lipinski definition) is 1. The van der Waals surface area contributed by atoms with Gasteiger partial charge in [-0.3, -0.25) is 9.59 Å². The number of amides is 2. The number of carbonyl (C=O) groups is 2. The van der Waals surface area contributed by atoms with Crippen molar-refractivity contribution in [2.45, 2.75) is 12.5 Å². The van der Waals surface area contributed by atoms with E-state index in [9.17, 15) is 14.8 Å². The van der Waals surface area contributed by atoms with E-state index in [1.54, 1.807) is 24.3 Å². The van der Waals surface area contributed by atoms with Gasteiger partial charge in [0.1, 0.15) is 6.04 Å². The number of carbonyl (C=O) groups excluding carboxylic acids is 2. The van der Waals surface area contributed by atoms with Gasteiger partial charge in [0.15, 0.2) is 0 Å². The Bertz CT molecular complexity index is 610. The number of fused-ring (bicyclic) bond motifs is 1. The highest BCUT2D eigenvalue weighted by atomic mass is 16.7. The fourth-order valence-electron chi connectivity index (χ4n) is 2.37. The van der Waals surface area contributed by atoms with E-state index in [0.29, 0.717) is 24.1 Å². The molecule has 1 aromatic rings. The van der Waals surface area contributed by atoms with Gasteiger partial charge >= 0.3 is 0 Å². The molecule has 0 spiro atoms. The average Bonchev–Trinajstić information content (AvgIpc) is 2.72. The van der Waals surface area contributed by atoms with Crippen LogP contribution in [0.1, 0.15) is 27.1 Å². The molecular formula is C13H14N4O5. The second kappa shape index (κ2) is 5.60. The van der Waals surface area contributed by atoms with Crippen LogP contribution in [0.3, 0.4) is 0 Å². The van der Waals surface area contributed by atoms with Gasteiger partial charge in [-0.05, 0) is 18.6 Å². The second-order valence-corrected chi connectivity index (χ2v) is 4.96. The molecular weight excluding hydrogens is 292 g/mol. The fourth-order valence-corrected chi connectivity index (χ4v) is 2.37. The van der Waals surface area contributed by atoms with Crippen LogP contribution in [0.2, 0.25) is 0 Å². The van der Waals surface area contributed by atoms with Gasteiger partial charge in [-0.25, -0.2) is 4.90 Å². The minimum Gasteiger partial charge on any atom is -0.569 e. The Balaban J connectivity index is 1.61. The highest BCUT2D eigenvalue weighted by Gasteiger charge is 2.37. The number of hydrogen-bond acceptors (Lipinski definition) is 6. The Morgan fingerprint density at radius 1 is 1.32 bits per heavy atom. The number of nitrogens with zero attached hydrogens (tertiary/aromatic N) is 4. The van der Waals surface area contributed by atoms with E-state index in [0.717, 1.165) is 4.90 Å². The van der Waals surface area contributed by atoms with E-state index in [1.165, 1.54) is 5.01 Å². The molecule has 0 saturated carbocycles. The van der Waals surface area contributed by atoms with Gasteiger partial charge < -0.3 is 15.2 Å². The standard InChI is InChI=1S/C13H14N4O5/c18-7-9-5-6-16(9)17(21)14-22-8-15-12(19)10-3-1-2-4-11(10)13(15)20/h1-4,9,18H,5-8H2/b17-14+/t9-/m0/s1. The third kappa shape index (κ3) is 2.25. The minimum atomic E-state index is -0.481. The van der Waals surface area contributed by atoms with Gasteiger partial charge in [-0.1, -0.05) is 12.1 Å².